The molecule has 1 N–H and O–H groups in total. The van der Waals surface area contributed by atoms with Crippen LogP contribution in [0.25, 0.3) is 5.69 Å². The van der Waals surface area contributed by atoms with Gasteiger partial charge in [-0.1, -0.05) is 30.7 Å². The normalized spacial score (nSPS) is 15.4. The third-order valence-electron chi connectivity index (χ3n) is 6.75. The lowest BCUT2D eigenvalue weighted by atomic mass is 10.0. The summed E-state index contributed by atoms with van der Waals surface area (Å²) in [6.07, 6.45) is 6.08. The number of rotatable bonds is 8. The summed E-state index contributed by atoms with van der Waals surface area (Å²) in [4.78, 5) is 30.9. The highest BCUT2D eigenvalue weighted by Crippen LogP contribution is 2.28. The molecular weight excluding hydrogens is 508 g/mol. The summed E-state index contributed by atoms with van der Waals surface area (Å²) in [5.74, 6) is 2.13. The topological polar surface area (TPSA) is 114 Å². The third kappa shape index (κ3) is 5.20. The predicted molar refractivity (Wildman–Crippen MR) is 144 cm³/mol. The van der Waals surface area contributed by atoms with Gasteiger partial charge in [-0.15, -0.1) is 0 Å². The summed E-state index contributed by atoms with van der Waals surface area (Å²) in [5, 5.41) is 15.8. The number of piperazine rings is 1. The quantitative estimate of drug-likeness (QED) is 0.363. The van der Waals surface area contributed by atoms with Crippen molar-refractivity contribution in [3.05, 3.63) is 82.4 Å². The number of aromatic nitrogens is 6. The van der Waals surface area contributed by atoms with Crippen LogP contribution in [0.2, 0.25) is 5.02 Å². The number of anilines is 2. The Morgan fingerprint density at radius 3 is 2.26 bits per heavy atom. The molecule has 4 aromatic rings. The van der Waals surface area contributed by atoms with Crippen molar-refractivity contribution in [1.82, 2.24) is 29.3 Å². The van der Waals surface area contributed by atoms with Crippen LogP contribution in [0.1, 0.15) is 31.1 Å². The summed E-state index contributed by atoms with van der Waals surface area (Å²) in [6.45, 7) is 4.96. The van der Waals surface area contributed by atoms with Gasteiger partial charge in [0.05, 0.1) is 37.4 Å². The highest BCUT2D eigenvalue weighted by atomic mass is 35.5. The number of benzene rings is 1. The van der Waals surface area contributed by atoms with Crippen LogP contribution in [0, 0.1) is 0 Å². The zero-order valence-electron chi connectivity index (χ0n) is 21.2. The van der Waals surface area contributed by atoms with E-state index in [-0.39, 0.29) is 5.69 Å². The van der Waals surface area contributed by atoms with E-state index in [0.717, 1.165) is 32.0 Å². The van der Waals surface area contributed by atoms with Crippen LogP contribution in [0.3, 0.4) is 0 Å². The van der Waals surface area contributed by atoms with Crippen molar-refractivity contribution in [2.75, 3.05) is 43.1 Å². The number of aliphatic hydroxyl groups is 1. The van der Waals surface area contributed by atoms with Crippen molar-refractivity contribution >= 4 is 23.4 Å². The summed E-state index contributed by atoms with van der Waals surface area (Å²) in [5.41, 5.74) is 0.936. The highest BCUT2D eigenvalue weighted by molar-refractivity contribution is 6.30. The molecule has 0 amide bonds. The van der Waals surface area contributed by atoms with Gasteiger partial charge in [-0.25, -0.2) is 29.0 Å². The highest BCUT2D eigenvalue weighted by Gasteiger charge is 2.25. The first kappa shape index (κ1) is 25.7. The number of aliphatic hydroxyl groups excluding tert-OH is 1. The van der Waals surface area contributed by atoms with Gasteiger partial charge in [-0.05, 0) is 36.2 Å². The van der Waals surface area contributed by atoms with Gasteiger partial charge in [-0.2, -0.15) is 5.10 Å². The second-order valence-corrected chi connectivity index (χ2v) is 9.41. The molecule has 0 aliphatic carbocycles. The fourth-order valence-electron chi connectivity index (χ4n) is 4.55. The lowest BCUT2D eigenvalue weighted by molar-refractivity contribution is 0.101. The molecule has 11 nitrogen and oxygen atoms in total. The van der Waals surface area contributed by atoms with E-state index in [1.807, 2.05) is 19.1 Å². The third-order valence-corrected chi connectivity index (χ3v) is 7.00. The molecule has 38 heavy (non-hydrogen) atoms. The summed E-state index contributed by atoms with van der Waals surface area (Å²) in [7, 11) is 1.59. The van der Waals surface area contributed by atoms with Gasteiger partial charge >= 0.3 is 5.69 Å². The van der Waals surface area contributed by atoms with E-state index in [4.69, 9.17) is 16.3 Å². The zero-order valence-corrected chi connectivity index (χ0v) is 21.9. The molecule has 0 radical (unpaired) electrons. The van der Waals surface area contributed by atoms with Gasteiger partial charge in [0, 0.05) is 31.2 Å². The smallest absolute Gasteiger partial charge is 0.350 e. The average molecular weight is 537 g/mol. The molecule has 1 aromatic carbocycles. The van der Waals surface area contributed by atoms with Crippen LogP contribution in [0.15, 0.2) is 66.1 Å². The van der Waals surface area contributed by atoms with E-state index < -0.39 is 12.1 Å². The van der Waals surface area contributed by atoms with Crippen LogP contribution in [-0.2, 0) is 0 Å². The van der Waals surface area contributed by atoms with Gasteiger partial charge in [0.25, 0.3) is 0 Å². The minimum absolute atomic E-state index is 0.340. The van der Waals surface area contributed by atoms with Gasteiger partial charge in [-0.3, -0.25) is 0 Å². The largest absolute Gasteiger partial charge is 0.494 e. The lowest BCUT2D eigenvalue weighted by Gasteiger charge is -2.35. The Balaban J connectivity index is 1.26. The SMILES string of the molecule is CC[C@H]([C@H](O)c1ccc(Cl)cc1)n1ncn(-c2ccc(N3CCN(c4ncc(OC)cn4)CC3)nc2)c1=O. The Kier molecular flexibility index (Phi) is 7.57. The van der Waals surface area contributed by atoms with Crippen LogP contribution in [0.4, 0.5) is 11.8 Å². The molecule has 3 aromatic heterocycles. The van der Waals surface area contributed by atoms with Crippen molar-refractivity contribution in [2.45, 2.75) is 25.5 Å². The van der Waals surface area contributed by atoms with Crippen molar-refractivity contribution in [3.8, 4) is 11.4 Å². The molecule has 12 heteroatoms. The number of pyridine rings is 1. The Morgan fingerprint density at radius 2 is 1.66 bits per heavy atom. The maximum atomic E-state index is 13.2. The fraction of sp³-hybridized carbons (Fsp3) is 0.346. The van der Waals surface area contributed by atoms with E-state index in [1.165, 1.54) is 15.6 Å². The number of methoxy groups -OCH3 is 1. The molecule has 5 rings (SSSR count). The second kappa shape index (κ2) is 11.2. The van der Waals surface area contributed by atoms with Crippen LogP contribution in [-0.4, -0.2) is 67.7 Å². The molecule has 198 valence electrons. The second-order valence-electron chi connectivity index (χ2n) is 8.97. The molecule has 0 spiro atoms. The van der Waals surface area contributed by atoms with E-state index in [2.05, 4.69) is 29.9 Å². The van der Waals surface area contributed by atoms with Gasteiger partial charge < -0.3 is 19.6 Å². The summed E-state index contributed by atoms with van der Waals surface area (Å²) >= 11 is 5.97. The zero-order chi connectivity index (χ0) is 26.6. The van der Waals surface area contributed by atoms with Crippen LogP contribution < -0.4 is 20.2 Å². The molecule has 1 fully saturated rings. The number of ether oxygens (including phenoxy) is 1. The number of hydrogen-bond donors (Lipinski definition) is 1. The standard InChI is InChI=1S/C26H29ClN8O3/c1-3-22(24(36)18-4-6-19(27)7-5-18)35-26(37)34(17-31-35)20-8-9-23(28-14-20)32-10-12-33(13-11-32)25-29-15-21(38-2)16-30-25/h4-9,14-17,22,24,36H,3,10-13H2,1-2H3/t22-,24-/m1/s1. The van der Waals surface area contributed by atoms with Gasteiger partial charge in [0.1, 0.15) is 18.2 Å². The Hall–Kier alpha value is -3.96. The predicted octanol–water partition coefficient (Wildman–Crippen LogP) is 2.89. The van der Waals surface area contributed by atoms with Crippen LogP contribution in [0.5, 0.6) is 5.75 Å². The first-order valence-corrected chi connectivity index (χ1v) is 12.8. The Labute approximate surface area is 224 Å². The van der Waals surface area contributed by atoms with E-state index in [0.29, 0.717) is 34.4 Å². The Morgan fingerprint density at radius 1 is 0.974 bits per heavy atom. The maximum absolute atomic E-state index is 13.2. The van der Waals surface area contributed by atoms with E-state index >= 15 is 0 Å². The molecular formula is C26H29ClN8O3. The first-order chi connectivity index (χ1) is 18.5. The van der Waals surface area contributed by atoms with E-state index in [9.17, 15) is 9.90 Å². The van der Waals surface area contributed by atoms with Gasteiger partial charge in [0.15, 0.2) is 5.75 Å². The minimum atomic E-state index is -0.902. The molecule has 1 aliphatic rings. The van der Waals surface area contributed by atoms with Crippen molar-refractivity contribution in [1.29, 1.82) is 0 Å². The Bertz CT molecular complexity index is 1400. The molecule has 1 aliphatic heterocycles. The van der Waals surface area contributed by atoms with Crippen molar-refractivity contribution in [3.63, 3.8) is 0 Å². The molecule has 4 heterocycles. The number of hydrogen-bond acceptors (Lipinski definition) is 9. The van der Waals surface area contributed by atoms with E-state index in [1.54, 1.807) is 50.0 Å². The minimum Gasteiger partial charge on any atom is -0.494 e. The van der Waals surface area contributed by atoms with Crippen molar-refractivity contribution in [2.24, 2.45) is 0 Å². The molecule has 0 bridgehead atoms. The molecule has 2 atom stereocenters. The molecule has 1 saturated heterocycles. The summed E-state index contributed by atoms with van der Waals surface area (Å²) in [6, 6.07) is 10.2. The average Bonchev–Trinajstić information content (AvgIpc) is 3.34. The molecule has 0 saturated carbocycles. The lowest BCUT2D eigenvalue weighted by Crippen LogP contribution is -2.47. The van der Waals surface area contributed by atoms with Crippen molar-refractivity contribution < 1.29 is 9.84 Å². The number of nitrogens with zero attached hydrogens (tertiary/aromatic N) is 8. The van der Waals surface area contributed by atoms with Crippen LogP contribution >= 0.6 is 11.6 Å². The monoisotopic (exact) mass is 536 g/mol. The fourth-order valence-corrected chi connectivity index (χ4v) is 4.68. The summed E-state index contributed by atoms with van der Waals surface area (Å²) < 4.78 is 7.89. The first-order valence-electron chi connectivity index (χ1n) is 12.4. The van der Waals surface area contributed by atoms with Gasteiger partial charge in [0.2, 0.25) is 5.95 Å². The molecule has 0 unspecified atom stereocenters. The maximum Gasteiger partial charge on any atom is 0.350 e. The number of halogens is 1.